The summed E-state index contributed by atoms with van der Waals surface area (Å²) in [7, 11) is 0. The third-order valence-corrected chi connectivity index (χ3v) is 8.40. The molecule has 0 spiro atoms. The third-order valence-electron chi connectivity index (χ3n) is 7.04. The third kappa shape index (κ3) is 4.05. The SMILES string of the molecule is CC1CC(=O)N(Cc2cc3nccc(-c4cc(Cl)cc5c4OC(C(=O)N4CCNCC4)C5)c3s2)C1=O. The predicted molar refractivity (Wildman–Crippen MR) is 137 cm³/mol. The summed E-state index contributed by atoms with van der Waals surface area (Å²) in [6, 6.07) is 7.57. The van der Waals surface area contributed by atoms with Crippen LogP contribution in [0.4, 0.5) is 0 Å². The Hall–Kier alpha value is -3.01. The maximum absolute atomic E-state index is 13.1. The number of fused-ring (bicyclic) bond motifs is 2. The molecule has 2 saturated heterocycles. The number of piperazine rings is 1. The highest BCUT2D eigenvalue weighted by Gasteiger charge is 2.37. The van der Waals surface area contributed by atoms with E-state index < -0.39 is 6.10 Å². The molecule has 2 fully saturated rings. The first-order valence-corrected chi connectivity index (χ1v) is 13.3. The summed E-state index contributed by atoms with van der Waals surface area (Å²) in [4.78, 5) is 46.4. The maximum atomic E-state index is 13.1. The fourth-order valence-electron chi connectivity index (χ4n) is 5.20. The van der Waals surface area contributed by atoms with Crippen molar-refractivity contribution in [3.63, 3.8) is 0 Å². The lowest BCUT2D eigenvalue weighted by Crippen LogP contribution is -2.50. The molecule has 3 aliphatic rings. The Morgan fingerprint density at radius 2 is 2.00 bits per heavy atom. The van der Waals surface area contributed by atoms with Gasteiger partial charge in [-0.05, 0) is 24.3 Å². The second-order valence-electron chi connectivity index (χ2n) is 9.54. The average molecular weight is 525 g/mol. The van der Waals surface area contributed by atoms with Gasteiger partial charge in [0.2, 0.25) is 11.8 Å². The number of nitrogens with one attached hydrogen (secondary N) is 1. The lowest BCUT2D eigenvalue weighted by molar-refractivity contribution is -0.140. The molecule has 10 heteroatoms. The van der Waals surface area contributed by atoms with Crippen LogP contribution in [0.2, 0.25) is 5.02 Å². The molecule has 5 heterocycles. The Bertz CT molecular complexity index is 1400. The summed E-state index contributed by atoms with van der Waals surface area (Å²) in [6.07, 6.45) is 1.90. The second-order valence-corrected chi connectivity index (χ2v) is 11.1. The van der Waals surface area contributed by atoms with Crippen LogP contribution in [0.25, 0.3) is 21.3 Å². The molecule has 8 nitrogen and oxygen atoms in total. The molecule has 36 heavy (non-hydrogen) atoms. The number of halogens is 1. The molecule has 0 bridgehead atoms. The van der Waals surface area contributed by atoms with Gasteiger partial charge in [-0.2, -0.15) is 0 Å². The van der Waals surface area contributed by atoms with E-state index in [-0.39, 0.29) is 36.6 Å². The normalized spacial score (nSPS) is 21.8. The predicted octanol–water partition coefficient (Wildman–Crippen LogP) is 3.25. The van der Waals surface area contributed by atoms with Crippen molar-refractivity contribution in [3.05, 3.63) is 45.9 Å². The first kappa shape index (κ1) is 23.4. The van der Waals surface area contributed by atoms with Crippen molar-refractivity contribution in [1.82, 2.24) is 20.1 Å². The van der Waals surface area contributed by atoms with Crippen molar-refractivity contribution in [1.29, 1.82) is 0 Å². The van der Waals surface area contributed by atoms with E-state index in [0.717, 1.165) is 44.9 Å². The van der Waals surface area contributed by atoms with Crippen molar-refractivity contribution in [2.24, 2.45) is 5.92 Å². The lowest BCUT2D eigenvalue weighted by Gasteiger charge is -2.29. The molecule has 2 aromatic heterocycles. The van der Waals surface area contributed by atoms with E-state index >= 15 is 0 Å². The fourth-order valence-corrected chi connectivity index (χ4v) is 6.57. The second kappa shape index (κ2) is 9.14. The summed E-state index contributed by atoms with van der Waals surface area (Å²) < 4.78 is 7.20. The molecule has 2 unspecified atom stereocenters. The van der Waals surface area contributed by atoms with Crippen molar-refractivity contribution in [2.75, 3.05) is 26.2 Å². The van der Waals surface area contributed by atoms with E-state index in [1.165, 1.54) is 16.2 Å². The zero-order valence-electron chi connectivity index (χ0n) is 19.8. The highest BCUT2D eigenvalue weighted by atomic mass is 35.5. The number of rotatable bonds is 4. The molecule has 0 aliphatic carbocycles. The Morgan fingerprint density at radius 1 is 1.19 bits per heavy atom. The van der Waals surface area contributed by atoms with E-state index in [1.54, 1.807) is 13.1 Å². The molecule has 186 valence electrons. The van der Waals surface area contributed by atoms with Crippen molar-refractivity contribution < 1.29 is 19.1 Å². The van der Waals surface area contributed by atoms with Crippen LogP contribution in [0.3, 0.4) is 0 Å². The minimum absolute atomic E-state index is 0.00207. The first-order valence-electron chi connectivity index (χ1n) is 12.1. The highest BCUT2D eigenvalue weighted by molar-refractivity contribution is 7.19. The van der Waals surface area contributed by atoms with Crippen molar-refractivity contribution >= 4 is 50.9 Å². The molecule has 3 aromatic rings. The van der Waals surface area contributed by atoms with E-state index in [9.17, 15) is 14.4 Å². The number of likely N-dealkylation sites (tertiary alicyclic amines) is 1. The zero-order chi connectivity index (χ0) is 25.0. The number of hydrogen-bond donors (Lipinski definition) is 1. The highest BCUT2D eigenvalue weighted by Crippen LogP contribution is 2.45. The van der Waals surface area contributed by atoms with Crippen LogP contribution in [0.1, 0.15) is 23.8 Å². The molecule has 3 amide bonds. The van der Waals surface area contributed by atoms with Gasteiger partial charge in [0, 0.05) is 77.7 Å². The summed E-state index contributed by atoms with van der Waals surface area (Å²) >= 11 is 8.02. The lowest BCUT2D eigenvalue weighted by atomic mass is 10.0. The van der Waals surface area contributed by atoms with Gasteiger partial charge in [0.05, 0.1) is 16.8 Å². The largest absolute Gasteiger partial charge is 0.479 e. The number of carbonyl (C=O) groups is 3. The van der Waals surface area contributed by atoms with Crippen LogP contribution in [-0.2, 0) is 27.3 Å². The Kier molecular flexibility index (Phi) is 5.94. The molecular formula is C26H25ClN4O4S. The maximum Gasteiger partial charge on any atom is 0.264 e. The van der Waals surface area contributed by atoms with E-state index in [2.05, 4.69) is 10.3 Å². The molecule has 3 aliphatic heterocycles. The Balaban J connectivity index is 1.33. The number of carbonyl (C=O) groups excluding carboxylic acids is 3. The smallest absolute Gasteiger partial charge is 0.264 e. The van der Waals surface area contributed by atoms with E-state index in [1.807, 2.05) is 29.2 Å². The van der Waals surface area contributed by atoms with E-state index in [4.69, 9.17) is 16.3 Å². The van der Waals surface area contributed by atoms with Crippen LogP contribution < -0.4 is 10.1 Å². The van der Waals surface area contributed by atoms with Gasteiger partial charge in [0.1, 0.15) is 5.75 Å². The van der Waals surface area contributed by atoms with E-state index in [0.29, 0.717) is 30.3 Å². The average Bonchev–Trinajstić information content (AvgIpc) is 3.55. The van der Waals surface area contributed by atoms with Crippen LogP contribution in [0.15, 0.2) is 30.5 Å². The standard InChI is InChI=1S/C26H25ClN4O4S/c1-14-8-22(32)31(25(14)33)13-17-12-20-24(36-17)18(2-3-29-20)19-11-16(27)9-15-10-21(35-23(15)19)26(34)30-6-4-28-5-7-30/h2-3,9,11-12,14,21,28H,4-8,10,13H2,1H3. The molecule has 0 radical (unpaired) electrons. The van der Waals surface area contributed by atoms with Crippen LogP contribution >= 0.6 is 22.9 Å². The number of pyridine rings is 1. The summed E-state index contributed by atoms with van der Waals surface area (Å²) in [5.41, 5.74) is 3.41. The summed E-state index contributed by atoms with van der Waals surface area (Å²) in [5, 5.41) is 3.84. The molecule has 6 rings (SSSR count). The minimum atomic E-state index is -0.569. The molecule has 1 aromatic carbocycles. The van der Waals surface area contributed by atoms with Gasteiger partial charge in [-0.1, -0.05) is 18.5 Å². The van der Waals surface area contributed by atoms with Crippen LogP contribution in [0, 0.1) is 5.92 Å². The minimum Gasteiger partial charge on any atom is -0.479 e. The number of hydrogen-bond acceptors (Lipinski definition) is 7. The number of imide groups is 1. The zero-order valence-corrected chi connectivity index (χ0v) is 21.3. The molecule has 1 N–H and O–H groups in total. The Morgan fingerprint density at radius 3 is 2.75 bits per heavy atom. The number of aromatic nitrogens is 1. The summed E-state index contributed by atoms with van der Waals surface area (Å²) in [5.74, 6) is 0.131. The van der Waals surface area contributed by atoms with Gasteiger partial charge in [-0.15, -0.1) is 11.3 Å². The van der Waals surface area contributed by atoms with Gasteiger partial charge in [0.15, 0.2) is 6.10 Å². The van der Waals surface area contributed by atoms with Gasteiger partial charge in [-0.3, -0.25) is 24.3 Å². The van der Waals surface area contributed by atoms with Crippen LogP contribution in [0.5, 0.6) is 5.75 Å². The number of nitrogens with zero attached hydrogens (tertiary/aromatic N) is 3. The molecule has 0 saturated carbocycles. The Labute approximate surface area is 217 Å². The summed E-state index contributed by atoms with van der Waals surface area (Å²) in [6.45, 7) is 4.94. The van der Waals surface area contributed by atoms with Gasteiger partial charge in [0.25, 0.3) is 5.91 Å². The number of benzene rings is 1. The quantitative estimate of drug-likeness (QED) is 0.527. The fraction of sp³-hybridized carbons (Fsp3) is 0.385. The molecule has 2 atom stereocenters. The number of ether oxygens (including phenoxy) is 1. The van der Waals surface area contributed by atoms with Crippen molar-refractivity contribution in [2.45, 2.75) is 32.4 Å². The van der Waals surface area contributed by atoms with Crippen LogP contribution in [-0.4, -0.2) is 64.8 Å². The van der Waals surface area contributed by atoms with Crippen molar-refractivity contribution in [3.8, 4) is 16.9 Å². The van der Waals surface area contributed by atoms with Gasteiger partial charge >= 0.3 is 0 Å². The van der Waals surface area contributed by atoms with Gasteiger partial charge < -0.3 is 15.0 Å². The first-order chi connectivity index (χ1) is 17.4. The van der Waals surface area contributed by atoms with Gasteiger partial charge in [-0.25, -0.2) is 0 Å². The monoisotopic (exact) mass is 524 g/mol. The molecular weight excluding hydrogens is 500 g/mol. The number of thiophene rings is 1. The topological polar surface area (TPSA) is 91.8 Å². The number of amides is 3.